The number of nitrogens with two attached hydrogens (primary N) is 1. The van der Waals surface area contributed by atoms with Crippen molar-refractivity contribution >= 4 is 46.6 Å². The zero-order valence-electron chi connectivity index (χ0n) is 16.2. The third-order valence-corrected chi connectivity index (χ3v) is 5.18. The third kappa shape index (κ3) is 5.02. The van der Waals surface area contributed by atoms with Gasteiger partial charge < -0.3 is 21.2 Å². The second-order valence-corrected chi connectivity index (χ2v) is 7.44. The average molecular weight is 447 g/mol. The lowest BCUT2D eigenvalue weighted by atomic mass is 10.2. The Labute approximate surface area is 181 Å². The number of ether oxygens (including phenoxy) is 1. The van der Waals surface area contributed by atoms with E-state index in [4.69, 9.17) is 22.2 Å². The van der Waals surface area contributed by atoms with Crippen LogP contribution >= 0.6 is 23.4 Å². The molecule has 11 heteroatoms. The minimum atomic E-state index is -0.305. The summed E-state index contributed by atoms with van der Waals surface area (Å²) >= 11 is 7.31. The van der Waals surface area contributed by atoms with E-state index in [0.29, 0.717) is 38.7 Å². The average Bonchev–Trinajstić information content (AvgIpc) is 3.07. The first-order valence-corrected chi connectivity index (χ1v) is 10.1. The summed E-state index contributed by atoms with van der Waals surface area (Å²) < 4.78 is 6.55. The highest BCUT2D eigenvalue weighted by molar-refractivity contribution is 7.99. The number of nitrogen functional groups attached to an aromatic ring is 1. The third-order valence-electron chi connectivity index (χ3n) is 3.91. The maximum absolute atomic E-state index is 12.4. The molecule has 4 N–H and O–H groups in total. The highest BCUT2D eigenvalue weighted by atomic mass is 35.5. The van der Waals surface area contributed by atoms with Gasteiger partial charge in [0.05, 0.1) is 23.6 Å². The molecule has 2 amide bonds. The SMILES string of the molecule is COc1ccc(NC(C)=O)cc1NC(=O)CSc1nnc(-c2ccccc2Cl)n1N. The second-order valence-electron chi connectivity index (χ2n) is 6.09. The van der Waals surface area contributed by atoms with E-state index in [0.717, 1.165) is 11.8 Å². The summed E-state index contributed by atoms with van der Waals surface area (Å²) in [6.45, 7) is 1.40. The summed E-state index contributed by atoms with van der Waals surface area (Å²) in [5.74, 6) is 6.45. The molecule has 0 atom stereocenters. The smallest absolute Gasteiger partial charge is 0.234 e. The van der Waals surface area contributed by atoms with Crippen LogP contribution in [0.3, 0.4) is 0 Å². The number of nitrogens with zero attached hydrogens (tertiary/aromatic N) is 3. The summed E-state index contributed by atoms with van der Waals surface area (Å²) in [4.78, 5) is 23.7. The molecule has 0 saturated heterocycles. The quantitative estimate of drug-likeness (QED) is 0.376. The topological polar surface area (TPSA) is 124 Å². The minimum Gasteiger partial charge on any atom is -0.495 e. The van der Waals surface area contributed by atoms with Crippen molar-refractivity contribution in [3.63, 3.8) is 0 Å². The Morgan fingerprint density at radius 1 is 1.20 bits per heavy atom. The summed E-state index contributed by atoms with van der Waals surface area (Å²) in [6.07, 6.45) is 0. The number of hydrogen-bond acceptors (Lipinski definition) is 7. The number of aromatic nitrogens is 3. The van der Waals surface area contributed by atoms with Gasteiger partial charge in [-0.25, -0.2) is 4.68 Å². The summed E-state index contributed by atoms with van der Waals surface area (Å²) in [5, 5.41) is 14.4. The predicted molar refractivity (Wildman–Crippen MR) is 117 cm³/mol. The van der Waals surface area contributed by atoms with Gasteiger partial charge in [-0.15, -0.1) is 10.2 Å². The number of anilines is 2. The van der Waals surface area contributed by atoms with Crippen LogP contribution in [-0.2, 0) is 9.59 Å². The van der Waals surface area contributed by atoms with Gasteiger partial charge in [-0.3, -0.25) is 9.59 Å². The molecule has 3 aromatic rings. The van der Waals surface area contributed by atoms with Gasteiger partial charge >= 0.3 is 0 Å². The van der Waals surface area contributed by atoms with Crippen LogP contribution < -0.4 is 21.2 Å². The van der Waals surface area contributed by atoms with E-state index >= 15 is 0 Å². The largest absolute Gasteiger partial charge is 0.495 e. The van der Waals surface area contributed by atoms with E-state index in [1.165, 1.54) is 18.7 Å². The lowest BCUT2D eigenvalue weighted by Crippen LogP contribution is -2.17. The molecule has 1 heterocycles. The first-order valence-electron chi connectivity index (χ1n) is 8.72. The molecule has 0 spiro atoms. The van der Waals surface area contributed by atoms with Crippen molar-refractivity contribution in [1.82, 2.24) is 14.9 Å². The van der Waals surface area contributed by atoms with Gasteiger partial charge in [0.25, 0.3) is 0 Å². The molecule has 0 fully saturated rings. The molecule has 0 aliphatic rings. The maximum Gasteiger partial charge on any atom is 0.234 e. The van der Waals surface area contributed by atoms with Crippen molar-refractivity contribution in [2.75, 3.05) is 29.3 Å². The number of thioether (sulfide) groups is 1. The molecule has 0 unspecified atom stereocenters. The standard InChI is InChI=1S/C19H19ClN6O3S/c1-11(27)22-12-7-8-16(29-2)15(9-12)23-17(28)10-30-19-25-24-18(26(19)21)13-5-3-4-6-14(13)20/h3-9H,10,21H2,1-2H3,(H,22,27)(H,23,28). The second kappa shape index (κ2) is 9.51. The molecule has 1 aromatic heterocycles. The van der Waals surface area contributed by atoms with E-state index < -0.39 is 0 Å². The van der Waals surface area contributed by atoms with Gasteiger partial charge in [0, 0.05) is 18.2 Å². The molecular weight excluding hydrogens is 428 g/mol. The van der Waals surface area contributed by atoms with Gasteiger partial charge in [-0.2, -0.15) is 0 Å². The summed E-state index contributed by atoms with van der Waals surface area (Å²) in [5.41, 5.74) is 1.61. The summed E-state index contributed by atoms with van der Waals surface area (Å²) in [6, 6.07) is 12.1. The number of methoxy groups -OCH3 is 1. The van der Waals surface area contributed by atoms with Gasteiger partial charge in [0.1, 0.15) is 5.75 Å². The Bertz CT molecular complexity index is 1090. The molecule has 0 radical (unpaired) electrons. The van der Waals surface area contributed by atoms with Crippen LogP contribution in [0.4, 0.5) is 11.4 Å². The number of benzene rings is 2. The monoisotopic (exact) mass is 446 g/mol. The van der Waals surface area contributed by atoms with E-state index in [9.17, 15) is 9.59 Å². The molecule has 9 nitrogen and oxygen atoms in total. The van der Waals surface area contributed by atoms with E-state index in [-0.39, 0.29) is 17.6 Å². The fourth-order valence-electron chi connectivity index (χ4n) is 2.60. The Hall–Kier alpha value is -3.24. The fourth-order valence-corrected chi connectivity index (χ4v) is 3.48. The molecule has 3 rings (SSSR count). The lowest BCUT2D eigenvalue weighted by molar-refractivity contribution is -0.114. The predicted octanol–water partition coefficient (Wildman–Crippen LogP) is 3.01. The van der Waals surface area contributed by atoms with Crippen molar-refractivity contribution in [1.29, 1.82) is 0 Å². The Kier molecular flexibility index (Phi) is 6.80. The molecule has 0 bridgehead atoms. The van der Waals surface area contributed by atoms with E-state index in [2.05, 4.69) is 20.8 Å². The number of carbonyl (C=O) groups is 2. The number of hydrogen-bond donors (Lipinski definition) is 3. The molecular formula is C19H19ClN6O3S. The minimum absolute atomic E-state index is 0.0331. The van der Waals surface area contributed by atoms with Crippen LogP contribution in [0.2, 0.25) is 5.02 Å². The normalized spacial score (nSPS) is 10.5. The van der Waals surface area contributed by atoms with Gasteiger partial charge in [-0.1, -0.05) is 35.5 Å². The van der Waals surface area contributed by atoms with Crippen LogP contribution in [0, 0.1) is 0 Å². The van der Waals surface area contributed by atoms with Crippen molar-refractivity contribution in [3.8, 4) is 17.1 Å². The fraction of sp³-hybridized carbons (Fsp3) is 0.158. The number of rotatable bonds is 7. The molecule has 0 saturated carbocycles. The Morgan fingerprint density at radius 2 is 1.97 bits per heavy atom. The molecule has 2 aromatic carbocycles. The van der Waals surface area contributed by atoms with Gasteiger partial charge in [0.15, 0.2) is 5.82 Å². The highest BCUT2D eigenvalue weighted by Crippen LogP contribution is 2.29. The van der Waals surface area contributed by atoms with Gasteiger partial charge in [0.2, 0.25) is 17.0 Å². The van der Waals surface area contributed by atoms with Crippen molar-refractivity contribution in [3.05, 3.63) is 47.5 Å². The van der Waals surface area contributed by atoms with Crippen molar-refractivity contribution in [2.24, 2.45) is 0 Å². The number of nitrogens with one attached hydrogen (secondary N) is 2. The number of carbonyl (C=O) groups excluding carboxylic acids is 2. The lowest BCUT2D eigenvalue weighted by Gasteiger charge is -2.12. The van der Waals surface area contributed by atoms with Crippen LogP contribution in [0.15, 0.2) is 47.6 Å². The van der Waals surface area contributed by atoms with Crippen LogP contribution in [-0.4, -0.2) is 39.6 Å². The Morgan fingerprint density at radius 3 is 2.67 bits per heavy atom. The van der Waals surface area contributed by atoms with E-state index in [1.807, 2.05) is 6.07 Å². The van der Waals surface area contributed by atoms with Crippen molar-refractivity contribution in [2.45, 2.75) is 12.1 Å². The molecule has 0 aliphatic heterocycles. The summed E-state index contributed by atoms with van der Waals surface area (Å²) in [7, 11) is 1.49. The zero-order valence-corrected chi connectivity index (χ0v) is 17.8. The molecule has 30 heavy (non-hydrogen) atoms. The van der Waals surface area contributed by atoms with Crippen LogP contribution in [0.1, 0.15) is 6.92 Å². The van der Waals surface area contributed by atoms with Crippen LogP contribution in [0.5, 0.6) is 5.75 Å². The number of halogens is 1. The first-order chi connectivity index (χ1) is 14.4. The van der Waals surface area contributed by atoms with Crippen LogP contribution in [0.25, 0.3) is 11.4 Å². The van der Waals surface area contributed by atoms with Crippen molar-refractivity contribution < 1.29 is 14.3 Å². The maximum atomic E-state index is 12.4. The highest BCUT2D eigenvalue weighted by Gasteiger charge is 2.16. The number of amides is 2. The van der Waals surface area contributed by atoms with Gasteiger partial charge in [-0.05, 0) is 30.3 Å². The first kappa shape index (κ1) is 21.5. The zero-order chi connectivity index (χ0) is 21.7. The molecule has 156 valence electrons. The van der Waals surface area contributed by atoms with E-state index in [1.54, 1.807) is 36.4 Å². The molecule has 0 aliphatic carbocycles. The Balaban J connectivity index is 1.68.